The SMILES string of the molecule is CC(CN(C)C)n1cncc1C1CCNC1. The molecule has 0 radical (unpaired) electrons. The van der Waals surface area contributed by atoms with E-state index in [0.717, 1.165) is 19.6 Å². The van der Waals surface area contributed by atoms with Gasteiger partial charge in [-0.3, -0.25) is 0 Å². The standard InChI is InChI=1S/C12H22N4/c1-10(8-15(2)3)16-9-14-7-12(16)11-4-5-13-6-11/h7,9-11,13H,4-6,8H2,1-3H3. The summed E-state index contributed by atoms with van der Waals surface area (Å²) < 4.78 is 2.33. The van der Waals surface area contributed by atoms with Gasteiger partial charge in [-0.25, -0.2) is 4.98 Å². The fourth-order valence-electron chi connectivity index (χ4n) is 2.52. The van der Waals surface area contributed by atoms with Crippen molar-refractivity contribution in [1.82, 2.24) is 19.8 Å². The van der Waals surface area contributed by atoms with Crippen LogP contribution >= 0.6 is 0 Å². The summed E-state index contributed by atoms with van der Waals surface area (Å²) >= 11 is 0. The monoisotopic (exact) mass is 222 g/mol. The molecule has 2 unspecified atom stereocenters. The van der Waals surface area contributed by atoms with Gasteiger partial charge in [-0.2, -0.15) is 0 Å². The first-order chi connectivity index (χ1) is 7.68. The van der Waals surface area contributed by atoms with Crippen molar-refractivity contribution in [3.63, 3.8) is 0 Å². The Hall–Kier alpha value is -0.870. The quantitative estimate of drug-likeness (QED) is 0.827. The van der Waals surface area contributed by atoms with Gasteiger partial charge in [-0.1, -0.05) is 0 Å². The summed E-state index contributed by atoms with van der Waals surface area (Å²) in [5.74, 6) is 0.645. The molecule has 0 saturated carbocycles. The summed E-state index contributed by atoms with van der Waals surface area (Å²) in [7, 11) is 4.23. The van der Waals surface area contributed by atoms with E-state index < -0.39 is 0 Å². The largest absolute Gasteiger partial charge is 0.330 e. The van der Waals surface area contributed by atoms with Gasteiger partial charge in [0, 0.05) is 36.9 Å². The molecule has 2 atom stereocenters. The highest BCUT2D eigenvalue weighted by atomic mass is 15.1. The second-order valence-electron chi connectivity index (χ2n) is 5.03. The molecular weight excluding hydrogens is 200 g/mol. The fourth-order valence-corrected chi connectivity index (χ4v) is 2.52. The molecule has 1 aromatic rings. The van der Waals surface area contributed by atoms with Gasteiger partial charge in [0.15, 0.2) is 0 Å². The minimum atomic E-state index is 0.494. The van der Waals surface area contributed by atoms with E-state index in [4.69, 9.17) is 0 Å². The highest BCUT2D eigenvalue weighted by molar-refractivity contribution is 5.10. The second-order valence-corrected chi connectivity index (χ2v) is 5.03. The Labute approximate surface area is 97.7 Å². The Morgan fingerprint density at radius 1 is 1.62 bits per heavy atom. The van der Waals surface area contributed by atoms with E-state index in [1.54, 1.807) is 0 Å². The summed E-state index contributed by atoms with van der Waals surface area (Å²) in [5, 5.41) is 3.42. The molecule has 0 amide bonds. The van der Waals surface area contributed by atoms with Crippen LogP contribution in [0.1, 0.15) is 31.0 Å². The van der Waals surface area contributed by atoms with E-state index in [-0.39, 0.29) is 0 Å². The molecule has 4 nitrogen and oxygen atoms in total. The van der Waals surface area contributed by atoms with Gasteiger partial charge in [0.25, 0.3) is 0 Å². The number of likely N-dealkylation sites (N-methyl/N-ethyl adjacent to an activating group) is 1. The minimum Gasteiger partial charge on any atom is -0.330 e. The topological polar surface area (TPSA) is 33.1 Å². The van der Waals surface area contributed by atoms with Crippen molar-refractivity contribution in [3.05, 3.63) is 18.2 Å². The van der Waals surface area contributed by atoms with E-state index >= 15 is 0 Å². The molecule has 1 N–H and O–H groups in total. The molecule has 1 saturated heterocycles. The molecule has 16 heavy (non-hydrogen) atoms. The summed E-state index contributed by atoms with van der Waals surface area (Å²) in [5.41, 5.74) is 1.39. The molecule has 2 rings (SSSR count). The molecule has 0 aromatic carbocycles. The van der Waals surface area contributed by atoms with Gasteiger partial charge in [-0.05, 0) is 34.0 Å². The molecule has 90 valence electrons. The molecular formula is C12H22N4. The Morgan fingerprint density at radius 2 is 2.44 bits per heavy atom. The minimum absolute atomic E-state index is 0.494. The summed E-state index contributed by atoms with van der Waals surface area (Å²) in [6.07, 6.45) is 5.24. The number of imidazole rings is 1. The predicted molar refractivity (Wildman–Crippen MR) is 65.7 cm³/mol. The molecule has 1 fully saturated rings. The third-order valence-electron chi connectivity index (χ3n) is 3.28. The van der Waals surface area contributed by atoms with Crippen LogP contribution in [-0.4, -0.2) is 48.2 Å². The molecule has 4 heteroatoms. The average molecular weight is 222 g/mol. The van der Waals surface area contributed by atoms with Crippen LogP contribution in [0, 0.1) is 0 Å². The van der Waals surface area contributed by atoms with Gasteiger partial charge in [0.1, 0.15) is 0 Å². The van der Waals surface area contributed by atoms with Crippen molar-refractivity contribution in [1.29, 1.82) is 0 Å². The van der Waals surface area contributed by atoms with Crippen LogP contribution in [0.5, 0.6) is 0 Å². The summed E-state index contributed by atoms with van der Waals surface area (Å²) in [6.45, 7) is 5.55. The van der Waals surface area contributed by atoms with E-state index in [1.165, 1.54) is 12.1 Å². The smallest absolute Gasteiger partial charge is 0.0951 e. The van der Waals surface area contributed by atoms with Crippen LogP contribution in [0.4, 0.5) is 0 Å². The first-order valence-electron chi connectivity index (χ1n) is 6.05. The number of rotatable bonds is 4. The maximum atomic E-state index is 4.31. The van der Waals surface area contributed by atoms with Crippen molar-refractivity contribution < 1.29 is 0 Å². The first kappa shape index (κ1) is 11.6. The zero-order chi connectivity index (χ0) is 11.5. The Balaban J connectivity index is 2.11. The molecule has 1 aliphatic rings. The van der Waals surface area contributed by atoms with Gasteiger partial charge in [0.05, 0.1) is 6.33 Å². The van der Waals surface area contributed by atoms with Gasteiger partial charge >= 0.3 is 0 Å². The number of aromatic nitrogens is 2. The lowest BCUT2D eigenvalue weighted by Crippen LogP contribution is -2.24. The molecule has 0 aliphatic carbocycles. The number of nitrogens with one attached hydrogen (secondary N) is 1. The van der Waals surface area contributed by atoms with Crippen LogP contribution in [0.2, 0.25) is 0 Å². The predicted octanol–water partition coefficient (Wildman–Crippen LogP) is 1.08. The van der Waals surface area contributed by atoms with Crippen LogP contribution in [-0.2, 0) is 0 Å². The van der Waals surface area contributed by atoms with Crippen LogP contribution in [0.15, 0.2) is 12.5 Å². The third kappa shape index (κ3) is 2.44. The summed E-state index contributed by atoms with van der Waals surface area (Å²) in [6, 6.07) is 0.494. The van der Waals surface area contributed by atoms with Crippen LogP contribution in [0.3, 0.4) is 0 Å². The summed E-state index contributed by atoms with van der Waals surface area (Å²) in [4.78, 5) is 6.54. The Bertz CT molecular complexity index is 326. The molecule has 1 aromatic heterocycles. The van der Waals surface area contributed by atoms with Crippen LogP contribution < -0.4 is 5.32 Å². The lowest BCUT2D eigenvalue weighted by atomic mass is 10.1. The maximum Gasteiger partial charge on any atom is 0.0951 e. The van der Waals surface area contributed by atoms with E-state index in [9.17, 15) is 0 Å². The van der Waals surface area contributed by atoms with Gasteiger partial charge in [-0.15, -0.1) is 0 Å². The molecule has 1 aliphatic heterocycles. The Kier molecular flexibility index (Phi) is 3.61. The second kappa shape index (κ2) is 4.97. The number of hydrogen-bond acceptors (Lipinski definition) is 3. The van der Waals surface area contributed by atoms with E-state index in [1.807, 2.05) is 12.5 Å². The lowest BCUT2D eigenvalue weighted by molar-refractivity contribution is 0.331. The van der Waals surface area contributed by atoms with Crippen molar-refractivity contribution in [2.45, 2.75) is 25.3 Å². The van der Waals surface area contributed by atoms with Crippen molar-refractivity contribution >= 4 is 0 Å². The zero-order valence-corrected chi connectivity index (χ0v) is 10.5. The number of hydrogen-bond donors (Lipinski definition) is 1. The Morgan fingerprint density at radius 3 is 3.06 bits per heavy atom. The van der Waals surface area contributed by atoms with Crippen molar-refractivity contribution in [3.8, 4) is 0 Å². The third-order valence-corrected chi connectivity index (χ3v) is 3.28. The number of nitrogens with zero attached hydrogens (tertiary/aromatic N) is 3. The molecule has 0 spiro atoms. The van der Waals surface area contributed by atoms with Crippen molar-refractivity contribution in [2.24, 2.45) is 0 Å². The zero-order valence-electron chi connectivity index (χ0n) is 10.5. The van der Waals surface area contributed by atoms with Crippen molar-refractivity contribution in [2.75, 3.05) is 33.7 Å². The fraction of sp³-hybridized carbons (Fsp3) is 0.750. The van der Waals surface area contributed by atoms with E-state index in [2.05, 4.69) is 40.8 Å². The maximum absolute atomic E-state index is 4.31. The normalized spacial score (nSPS) is 22.9. The average Bonchev–Trinajstić information content (AvgIpc) is 2.87. The first-order valence-corrected chi connectivity index (χ1v) is 6.05. The molecule has 2 heterocycles. The molecule has 0 bridgehead atoms. The highest BCUT2D eigenvalue weighted by Crippen LogP contribution is 2.24. The lowest BCUT2D eigenvalue weighted by Gasteiger charge is -2.22. The van der Waals surface area contributed by atoms with Crippen LogP contribution in [0.25, 0.3) is 0 Å². The highest BCUT2D eigenvalue weighted by Gasteiger charge is 2.21. The van der Waals surface area contributed by atoms with Gasteiger partial charge < -0.3 is 14.8 Å². The van der Waals surface area contributed by atoms with Gasteiger partial charge in [0.2, 0.25) is 0 Å². The van der Waals surface area contributed by atoms with E-state index in [0.29, 0.717) is 12.0 Å².